The Labute approximate surface area is 124 Å². The van der Waals surface area contributed by atoms with Crippen molar-refractivity contribution in [2.45, 2.75) is 31.7 Å². The molecule has 1 N–H and O–H groups in total. The molecule has 0 heterocycles. The van der Waals surface area contributed by atoms with Crippen molar-refractivity contribution in [3.8, 4) is 6.07 Å². The lowest BCUT2D eigenvalue weighted by Gasteiger charge is -2.31. The van der Waals surface area contributed by atoms with Crippen LogP contribution in [0, 0.1) is 17.1 Å². The Hall–Kier alpha value is -2.34. The molecule has 0 spiro atoms. The monoisotopic (exact) mass is 280 g/mol. The lowest BCUT2D eigenvalue weighted by atomic mass is 9.81. The quantitative estimate of drug-likeness (QED) is 0.861. The fourth-order valence-corrected chi connectivity index (χ4v) is 3.06. The van der Waals surface area contributed by atoms with Crippen LogP contribution in [0.2, 0.25) is 0 Å². The molecule has 3 heteroatoms. The van der Waals surface area contributed by atoms with Crippen molar-refractivity contribution < 1.29 is 4.39 Å². The standard InChI is InChI=1S/C18H17FN2/c1-12-6-9-18(16-5-3-2-4-15(12)16)21-14-7-8-17(19)13(10-14)11-20/h2-5,7-8,10,12,18,21H,6,9H2,1H3. The predicted octanol–water partition coefficient (Wildman–Crippen LogP) is 4.75. The predicted molar refractivity (Wildman–Crippen MR) is 81.6 cm³/mol. The van der Waals surface area contributed by atoms with Gasteiger partial charge in [0.05, 0.1) is 11.6 Å². The molecule has 0 saturated heterocycles. The molecule has 106 valence electrons. The Morgan fingerprint density at radius 2 is 1.90 bits per heavy atom. The number of nitriles is 1. The summed E-state index contributed by atoms with van der Waals surface area (Å²) in [5.74, 6) is 0.0999. The maximum Gasteiger partial charge on any atom is 0.141 e. The first kappa shape index (κ1) is 13.6. The second kappa shape index (κ2) is 5.57. The SMILES string of the molecule is CC1CCC(Nc2ccc(F)c(C#N)c2)c2ccccc21. The normalized spacial score (nSPS) is 20.4. The number of hydrogen-bond acceptors (Lipinski definition) is 2. The maximum atomic E-state index is 13.4. The Morgan fingerprint density at radius 3 is 2.67 bits per heavy atom. The van der Waals surface area contributed by atoms with Crippen LogP contribution in [0.4, 0.5) is 10.1 Å². The molecule has 0 saturated carbocycles. The number of hydrogen-bond donors (Lipinski definition) is 1. The van der Waals surface area contributed by atoms with Crippen molar-refractivity contribution in [3.63, 3.8) is 0 Å². The van der Waals surface area contributed by atoms with Gasteiger partial charge in [0, 0.05) is 5.69 Å². The summed E-state index contributed by atoms with van der Waals surface area (Å²) < 4.78 is 13.4. The van der Waals surface area contributed by atoms with Gasteiger partial charge in [-0.2, -0.15) is 5.26 Å². The molecule has 0 bridgehead atoms. The number of benzene rings is 2. The van der Waals surface area contributed by atoms with Gasteiger partial charge in [-0.3, -0.25) is 0 Å². The van der Waals surface area contributed by atoms with E-state index in [-0.39, 0.29) is 11.6 Å². The van der Waals surface area contributed by atoms with Gasteiger partial charge in [0.15, 0.2) is 0 Å². The van der Waals surface area contributed by atoms with Crippen molar-refractivity contribution in [2.24, 2.45) is 0 Å². The third-order valence-electron chi connectivity index (χ3n) is 4.22. The highest BCUT2D eigenvalue weighted by molar-refractivity contribution is 5.52. The average molecular weight is 280 g/mol. The highest BCUT2D eigenvalue weighted by atomic mass is 19.1. The van der Waals surface area contributed by atoms with Gasteiger partial charge in [0.1, 0.15) is 11.9 Å². The smallest absolute Gasteiger partial charge is 0.141 e. The van der Waals surface area contributed by atoms with Crippen molar-refractivity contribution in [3.05, 3.63) is 65.0 Å². The molecule has 2 atom stereocenters. The molecule has 1 aliphatic rings. The number of halogens is 1. The van der Waals surface area contributed by atoms with Crippen LogP contribution in [-0.2, 0) is 0 Å². The van der Waals surface area contributed by atoms with Gasteiger partial charge in [-0.25, -0.2) is 4.39 Å². The molecule has 0 aliphatic heterocycles. The van der Waals surface area contributed by atoms with Gasteiger partial charge >= 0.3 is 0 Å². The molecule has 3 rings (SSSR count). The van der Waals surface area contributed by atoms with E-state index in [4.69, 9.17) is 5.26 Å². The third kappa shape index (κ3) is 2.62. The average Bonchev–Trinajstić information content (AvgIpc) is 2.52. The van der Waals surface area contributed by atoms with E-state index in [0.717, 1.165) is 18.5 Å². The van der Waals surface area contributed by atoms with Gasteiger partial charge in [0.2, 0.25) is 0 Å². The first-order valence-corrected chi connectivity index (χ1v) is 7.24. The summed E-state index contributed by atoms with van der Waals surface area (Å²) in [5.41, 5.74) is 3.56. The zero-order valence-corrected chi connectivity index (χ0v) is 11.9. The van der Waals surface area contributed by atoms with Crippen LogP contribution in [-0.4, -0.2) is 0 Å². The van der Waals surface area contributed by atoms with E-state index >= 15 is 0 Å². The second-order valence-electron chi connectivity index (χ2n) is 5.61. The molecule has 0 aromatic heterocycles. The zero-order chi connectivity index (χ0) is 14.8. The van der Waals surface area contributed by atoms with E-state index in [0.29, 0.717) is 5.92 Å². The van der Waals surface area contributed by atoms with Crippen LogP contribution >= 0.6 is 0 Å². The van der Waals surface area contributed by atoms with Crippen molar-refractivity contribution in [1.82, 2.24) is 0 Å². The molecule has 2 aromatic carbocycles. The lowest BCUT2D eigenvalue weighted by molar-refractivity contribution is 0.534. The topological polar surface area (TPSA) is 35.8 Å². The molecule has 1 aliphatic carbocycles. The Morgan fingerprint density at radius 1 is 1.14 bits per heavy atom. The van der Waals surface area contributed by atoms with Gasteiger partial charge < -0.3 is 5.32 Å². The number of fused-ring (bicyclic) bond motifs is 1. The van der Waals surface area contributed by atoms with Crippen molar-refractivity contribution >= 4 is 5.69 Å². The summed E-state index contributed by atoms with van der Waals surface area (Å²) in [7, 11) is 0. The fraction of sp³-hybridized carbons (Fsp3) is 0.278. The van der Waals surface area contributed by atoms with Gasteiger partial charge in [-0.15, -0.1) is 0 Å². The number of rotatable bonds is 2. The van der Waals surface area contributed by atoms with Gasteiger partial charge in [0.25, 0.3) is 0 Å². The molecule has 2 nitrogen and oxygen atoms in total. The number of anilines is 1. The molecular formula is C18H17FN2. The minimum atomic E-state index is -0.472. The van der Waals surface area contributed by atoms with Gasteiger partial charge in [-0.05, 0) is 48.1 Å². The maximum absolute atomic E-state index is 13.4. The highest BCUT2D eigenvalue weighted by Crippen LogP contribution is 2.38. The summed E-state index contributed by atoms with van der Waals surface area (Å²) >= 11 is 0. The second-order valence-corrected chi connectivity index (χ2v) is 5.61. The Kier molecular flexibility index (Phi) is 3.62. The van der Waals surface area contributed by atoms with E-state index in [1.165, 1.54) is 17.2 Å². The van der Waals surface area contributed by atoms with Crippen molar-refractivity contribution in [2.75, 3.05) is 5.32 Å². The molecule has 2 unspecified atom stereocenters. The first-order valence-electron chi connectivity index (χ1n) is 7.24. The fourth-order valence-electron chi connectivity index (χ4n) is 3.06. The Bertz CT molecular complexity index is 703. The van der Waals surface area contributed by atoms with E-state index in [2.05, 4.69) is 36.5 Å². The minimum Gasteiger partial charge on any atom is -0.378 e. The molecule has 21 heavy (non-hydrogen) atoms. The van der Waals surface area contributed by atoms with Crippen LogP contribution in [0.1, 0.15) is 48.4 Å². The molecule has 0 amide bonds. The summed E-state index contributed by atoms with van der Waals surface area (Å²) in [6.45, 7) is 2.25. The van der Waals surface area contributed by atoms with E-state index < -0.39 is 5.82 Å². The minimum absolute atomic E-state index is 0.0810. The van der Waals surface area contributed by atoms with E-state index in [1.54, 1.807) is 12.1 Å². The Balaban J connectivity index is 1.90. The van der Waals surface area contributed by atoms with Crippen LogP contribution in [0.5, 0.6) is 0 Å². The van der Waals surface area contributed by atoms with E-state index in [1.807, 2.05) is 6.07 Å². The van der Waals surface area contributed by atoms with Gasteiger partial charge in [-0.1, -0.05) is 31.2 Å². The van der Waals surface area contributed by atoms with Crippen molar-refractivity contribution in [1.29, 1.82) is 5.26 Å². The summed E-state index contributed by atoms with van der Waals surface area (Å²) in [6, 6.07) is 15.2. The highest BCUT2D eigenvalue weighted by Gasteiger charge is 2.24. The number of nitrogens with one attached hydrogen (secondary N) is 1. The summed E-state index contributed by atoms with van der Waals surface area (Å²) in [6.07, 6.45) is 2.17. The molecule has 2 aromatic rings. The molecular weight excluding hydrogens is 263 g/mol. The largest absolute Gasteiger partial charge is 0.378 e. The summed E-state index contributed by atoms with van der Waals surface area (Å²) in [5, 5.41) is 12.4. The zero-order valence-electron chi connectivity index (χ0n) is 11.9. The lowest BCUT2D eigenvalue weighted by Crippen LogP contribution is -2.19. The third-order valence-corrected chi connectivity index (χ3v) is 4.22. The first-order chi connectivity index (χ1) is 10.2. The molecule has 0 fully saturated rings. The van der Waals surface area contributed by atoms with E-state index in [9.17, 15) is 4.39 Å². The summed E-state index contributed by atoms with van der Waals surface area (Å²) in [4.78, 5) is 0. The van der Waals surface area contributed by atoms with Crippen LogP contribution < -0.4 is 5.32 Å². The van der Waals surface area contributed by atoms with Crippen LogP contribution in [0.15, 0.2) is 42.5 Å². The van der Waals surface area contributed by atoms with Crippen LogP contribution in [0.3, 0.4) is 0 Å². The van der Waals surface area contributed by atoms with Crippen LogP contribution in [0.25, 0.3) is 0 Å². The number of nitrogens with zero attached hydrogens (tertiary/aromatic N) is 1. The molecule has 0 radical (unpaired) electrons.